The molecule has 0 saturated carbocycles. The first-order chi connectivity index (χ1) is 7.28. The van der Waals surface area contributed by atoms with Gasteiger partial charge in [0.1, 0.15) is 18.9 Å². The lowest BCUT2D eigenvalue weighted by Gasteiger charge is -2.32. The van der Waals surface area contributed by atoms with Gasteiger partial charge < -0.3 is 4.89 Å². The first kappa shape index (κ1) is 14.1. The van der Waals surface area contributed by atoms with Crippen LogP contribution in [-0.4, -0.2) is 18.9 Å². The molecular weight excluding hydrogens is 223 g/mol. The highest BCUT2D eigenvalue weighted by Gasteiger charge is 2.51. The third kappa shape index (κ3) is 3.53. The normalized spacial score (nSPS) is 35.3. The molecule has 0 aliphatic carbocycles. The average Bonchev–Trinajstić information content (AvgIpc) is 2.42. The molecule has 1 radical (unpaired) electrons. The molecular formula is C12H22O3P. The standard InChI is InChI=1S/C12H22O3P/c1-6-7-14-16(13)11(8-12(3,4)5)10(2)9-15-16/h6,10-11H,1-2,7-9H2,3-5H3. The maximum atomic E-state index is 12.5. The van der Waals surface area contributed by atoms with Crippen LogP contribution in [0.3, 0.4) is 0 Å². The van der Waals surface area contributed by atoms with Gasteiger partial charge in [-0.05, 0) is 18.8 Å². The maximum absolute atomic E-state index is 12.5. The zero-order chi connectivity index (χ0) is 12.4. The van der Waals surface area contributed by atoms with Gasteiger partial charge in [-0.1, -0.05) is 26.8 Å². The molecule has 0 aromatic carbocycles. The molecule has 1 saturated heterocycles. The minimum absolute atomic E-state index is 0.0508. The fourth-order valence-corrected chi connectivity index (χ4v) is 4.40. The Morgan fingerprint density at radius 1 is 1.56 bits per heavy atom. The molecule has 0 bridgehead atoms. The van der Waals surface area contributed by atoms with Crippen molar-refractivity contribution < 1.29 is 13.9 Å². The molecule has 1 fully saturated rings. The van der Waals surface area contributed by atoms with Crippen molar-refractivity contribution in [2.75, 3.05) is 13.2 Å². The van der Waals surface area contributed by atoms with Crippen LogP contribution in [0.5, 0.6) is 0 Å². The summed E-state index contributed by atoms with van der Waals surface area (Å²) in [7, 11) is -2.98. The Morgan fingerprint density at radius 2 is 2.19 bits per heavy atom. The van der Waals surface area contributed by atoms with E-state index >= 15 is 0 Å². The molecule has 0 N–H and O–H groups in total. The van der Waals surface area contributed by atoms with Crippen molar-refractivity contribution in [3.05, 3.63) is 19.6 Å². The Balaban J connectivity index is 2.72. The monoisotopic (exact) mass is 245 g/mol. The summed E-state index contributed by atoms with van der Waals surface area (Å²) in [5.74, 6) is 0.0508. The van der Waals surface area contributed by atoms with E-state index in [1.807, 2.05) is 0 Å². The van der Waals surface area contributed by atoms with Gasteiger partial charge in [-0.25, -0.2) is 9.05 Å². The second kappa shape index (κ2) is 5.14. The van der Waals surface area contributed by atoms with E-state index in [-0.39, 0.29) is 23.6 Å². The molecule has 3 atom stereocenters. The summed E-state index contributed by atoms with van der Waals surface area (Å²) in [6.45, 7) is 14.6. The lowest BCUT2D eigenvalue weighted by Crippen LogP contribution is -2.29. The molecule has 1 rings (SSSR count). The number of rotatable bonds is 4. The van der Waals surface area contributed by atoms with Crippen LogP contribution < -0.4 is 4.89 Å². The highest BCUT2D eigenvalue weighted by Crippen LogP contribution is 2.66. The summed E-state index contributed by atoms with van der Waals surface area (Å²) in [5.41, 5.74) is 0.00839. The van der Waals surface area contributed by atoms with Crippen molar-refractivity contribution in [3.63, 3.8) is 0 Å². The van der Waals surface area contributed by atoms with Crippen LogP contribution in [0.15, 0.2) is 12.7 Å². The van der Waals surface area contributed by atoms with Crippen LogP contribution in [0.1, 0.15) is 27.2 Å². The third-order valence-corrected chi connectivity index (χ3v) is 5.05. The van der Waals surface area contributed by atoms with Crippen LogP contribution in [-0.2, 0) is 9.05 Å². The quantitative estimate of drug-likeness (QED) is 0.564. The van der Waals surface area contributed by atoms with Gasteiger partial charge in [0.2, 0.25) is 7.94 Å². The van der Waals surface area contributed by atoms with E-state index in [2.05, 4.69) is 34.3 Å². The van der Waals surface area contributed by atoms with Crippen LogP contribution >= 0.6 is 7.94 Å². The molecule has 16 heavy (non-hydrogen) atoms. The molecule has 0 aromatic rings. The largest absolute Gasteiger partial charge is 0.631 e. The predicted molar refractivity (Wildman–Crippen MR) is 65.7 cm³/mol. The van der Waals surface area contributed by atoms with Gasteiger partial charge in [-0.15, -0.1) is 6.58 Å². The molecule has 0 spiro atoms. The fraction of sp³-hybridized carbons (Fsp3) is 0.750. The molecule has 93 valence electrons. The van der Waals surface area contributed by atoms with Gasteiger partial charge in [-0.3, -0.25) is 0 Å². The summed E-state index contributed by atoms with van der Waals surface area (Å²) < 4.78 is 10.7. The van der Waals surface area contributed by atoms with Crippen molar-refractivity contribution in [3.8, 4) is 0 Å². The van der Waals surface area contributed by atoms with E-state index in [1.54, 1.807) is 6.08 Å². The smallest absolute Gasteiger partial charge is 0.241 e. The summed E-state index contributed by atoms with van der Waals surface area (Å²) >= 11 is 0. The van der Waals surface area contributed by atoms with Crippen LogP contribution in [0.2, 0.25) is 0 Å². The summed E-state index contributed by atoms with van der Waals surface area (Å²) in [6.07, 6.45) is 2.39. The van der Waals surface area contributed by atoms with Gasteiger partial charge in [0.15, 0.2) is 0 Å². The number of hydrogen-bond donors (Lipinski definition) is 0. The SMILES string of the molecule is [CH2]C1CO[P+]([O-])(OCC=C)C1CC(C)(C)C. The second-order valence-electron chi connectivity index (χ2n) is 5.51. The molecule has 3 nitrogen and oxygen atoms in total. The predicted octanol–water partition coefficient (Wildman–Crippen LogP) is 2.60. The second-order valence-corrected chi connectivity index (χ2v) is 7.77. The first-order valence-corrected chi connectivity index (χ1v) is 7.22. The van der Waals surface area contributed by atoms with Gasteiger partial charge in [0.25, 0.3) is 0 Å². The van der Waals surface area contributed by atoms with E-state index in [9.17, 15) is 4.89 Å². The summed E-state index contributed by atoms with van der Waals surface area (Å²) in [5, 5.41) is 0. The van der Waals surface area contributed by atoms with Gasteiger partial charge in [0.05, 0.1) is 0 Å². The fourth-order valence-electron chi connectivity index (χ4n) is 1.86. The molecule has 1 aliphatic heterocycles. The van der Waals surface area contributed by atoms with Crippen LogP contribution in [0, 0.1) is 18.3 Å². The van der Waals surface area contributed by atoms with E-state index in [4.69, 9.17) is 9.05 Å². The Bertz CT molecular complexity index is 249. The Labute approximate surface area is 99.4 Å². The van der Waals surface area contributed by atoms with Gasteiger partial charge in [-0.2, -0.15) is 0 Å². The molecule has 1 aliphatic rings. The minimum atomic E-state index is -2.98. The summed E-state index contributed by atoms with van der Waals surface area (Å²) in [6, 6.07) is 0. The van der Waals surface area contributed by atoms with Crippen molar-refractivity contribution in [2.45, 2.75) is 32.9 Å². The summed E-state index contributed by atoms with van der Waals surface area (Å²) in [4.78, 5) is 12.5. The zero-order valence-electron chi connectivity index (χ0n) is 10.4. The van der Waals surface area contributed by atoms with E-state index in [0.717, 1.165) is 6.42 Å². The zero-order valence-corrected chi connectivity index (χ0v) is 11.3. The first-order valence-electron chi connectivity index (χ1n) is 5.61. The highest BCUT2D eigenvalue weighted by molar-refractivity contribution is 7.60. The molecule has 3 unspecified atom stereocenters. The maximum Gasteiger partial charge on any atom is 0.241 e. The minimum Gasteiger partial charge on any atom is -0.631 e. The van der Waals surface area contributed by atoms with Crippen molar-refractivity contribution in [1.29, 1.82) is 0 Å². The molecule has 4 heteroatoms. The van der Waals surface area contributed by atoms with E-state index in [0.29, 0.717) is 6.61 Å². The van der Waals surface area contributed by atoms with E-state index in [1.165, 1.54) is 0 Å². The van der Waals surface area contributed by atoms with E-state index < -0.39 is 7.94 Å². The Kier molecular flexibility index (Phi) is 4.53. The number of hydrogen-bond acceptors (Lipinski definition) is 3. The molecule has 1 heterocycles. The third-order valence-electron chi connectivity index (χ3n) is 2.61. The van der Waals surface area contributed by atoms with Crippen molar-refractivity contribution >= 4 is 7.94 Å². The van der Waals surface area contributed by atoms with Gasteiger partial charge in [0, 0.05) is 5.92 Å². The van der Waals surface area contributed by atoms with Gasteiger partial charge >= 0.3 is 0 Å². The molecule has 0 amide bonds. The highest BCUT2D eigenvalue weighted by atomic mass is 31.2. The van der Waals surface area contributed by atoms with Crippen molar-refractivity contribution in [2.24, 2.45) is 11.3 Å². The lowest BCUT2D eigenvalue weighted by atomic mass is 9.87. The molecule has 0 aromatic heterocycles. The topological polar surface area (TPSA) is 41.5 Å². The lowest BCUT2D eigenvalue weighted by molar-refractivity contribution is -0.216. The Morgan fingerprint density at radius 3 is 2.69 bits per heavy atom. The van der Waals surface area contributed by atoms with Crippen LogP contribution in [0.4, 0.5) is 0 Å². The van der Waals surface area contributed by atoms with Crippen LogP contribution in [0.25, 0.3) is 0 Å². The van der Waals surface area contributed by atoms with Crippen molar-refractivity contribution in [1.82, 2.24) is 0 Å². The average molecular weight is 245 g/mol. The Hall–Kier alpha value is 0.0500.